The van der Waals surface area contributed by atoms with Crippen LogP contribution in [0.4, 0.5) is 5.69 Å². The minimum atomic E-state index is -1.38. The number of anilines is 1. The van der Waals surface area contributed by atoms with Crippen molar-refractivity contribution >= 4 is 11.6 Å². The van der Waals surface area contributed by atoms with Gasteiger partial charge in [-0.3, -0.25) is 4.79 Å². The lowest BCUT2D eigenvalue weighted by atomic mass is 10.1. The molecule has 15 heavy (non-hydrogen) atoms. The average Bonchev–Trinajstić information content (AvgIpc) is 2.17. The van der Waals surface area contributed by atoms with Crippen LogP contribution < -0.4 is 10.1 Å². The van der Waals surface area contributed by atoms with Crippen LogP contribution in [-0.2, 0) is 4.79 Å². The van der Waals surface area contributed by atoms with Gasteiger partial charge >= 0.3 is 0 Å². The summed E-state index contributed by atoms with van der Waals surface area (Å²) in [5.74, 6) is 0.281. The first-order valence-corrected chi connectivity index (χ1v) is 4.61. The third-order valence-corrected chi connectivity index (χ3v) is 1.90. The van der Waals surface area contributed by atoms with Gasteiger partial charge in [-0.1, -0.05) is 0 Å². The van der Waals surface area contributed by atoms with E-state index in [0.29, 0.717) is 5.69 Å². The number of carbonyl (C=O) groups excluding carboxylic acids is 1. The van der Waals surface area contributed by atoms with Crippen LogP contribution in [0.1, 0.15) is 13.8 Å². The van der Waals surface area contributed by atoms with Crippen molar-refractivity contribution < 1.29 is 14.6 Å². The monoisotopic (exact) mass is 209 g/mol. The summed E-state index contributed by atoms with van der Waals surface area (Å²) in [6, 6.07) is 6.89. The molecular formula is C11H15NO3. The van der Waals surface area contributed by atoms with Crippen LogP contribution >= 0.6 is 0 Å². The van der Waals surface area contributed by atoms with Crippen LogP contribution in [0, 0.1) is 0 Å². The zero-order chi connectivity index (χ0) is 11.5. The quantitative estimate of drug-likeness (QED) is 0.791. The largest absolute Gasteiger partial charge is 0.497 e. The first-order valence-electron chi connectivity index (χ1n) is 4.61. The Bertz CT molecular complexity index is 338. The highest BCUT2D eigenvalue weighted by Gasteiger charge is 2.23. The van der Waals surface area contributed by atoms with Crippen molar-refractivity contribution in [3.63, 3.8) is 0 Å². The highest BCUT2D eigenvalue weighted by molar-refractivity contribution is 5.96. The number of amides is 1. The normalized spacial score (nSPS) is 10.9. The molecule has 0 fully saturated rings. The van der Waals surface area contributed by atoms with Crippen LogP contribution in [0.5, 0.6) is 5.75 Å². The first-order chi connectivity index (χ1) is 6.93. The minimum Gasteiger partial charge on any atom is -0.497 e. The van der Waals surface area contributed by atoms with Gasteiger partial charge in [-0.15, -0.1) is 0 Å². The molecular weight excluding hydrogens is 194 g/mol. The van der Waals surface area contributed by atoms with Crippen molar-refractivity contribution in [3.05, 3.63) is 24.3 Å². The molecule has 4 nitrogen and oxygen atoms in total. The molecule has 0 saturated heterocycles. The van der Waals surface area contributed by atoms with Crippen LogP contribution in [0.15, 0.2) is 24.3 Å². The Balaban J connectivity index is 2.70. The molecule has 0 aromatic heterocycles. The SMILES string of the molecule is COc1ccc(NC(=O)C(C)(C)O)cc1. The standard InChI is InChI=1S/C11H15NO3/c1-11(2,14)10(13)12-8-4-6-9(15-3)7-5-8/h4-7,14H,1-3H3,(H,12,13). The Hall–Kier alpha value is -1.55. The molecule has 1 aromatic carbocycles. The van der Waals surface area contributed by atoms with Crippen molar-refractivity contribution in [1.29, 1.82) is 0 Å². The van der Waals surface area contributed by atoms with Gasteiger partial charge in [0.25, 0.3) is 5.91 Å². The molecule has 0 aliphatic rings. The van der Waals surface area contributed by atoms with Gasteiger partial charge in [-0.2, -0.15) is 0 Å². The molecule has 1 aromatic rings. The molecule has 0 bridgehead atoms. The highest BCUT2D eigenvalue weighted by atomic mass is 16.5. The number of carbonyl (C=O) groups is 1. The van der Waals surface area contributed by atoms with Gasteiger partial charge in [0.05, 0.1) is 7.11 Å². The Morgan fingerprint density at radius 1 is 1.33 bits per heavy atom. The van der Waals surface area contributed by atoms with Gasteiger partial charge in [0.15, 0.2) is 0 Å². The molecule has 0 spiro atoms. The van der Waals surface area contributed by atoms with Gasteiger partial charge in [0.1, 0.15) is 11.4 Å². The summed E-state index contributed by atoms with van der Waals surface area (Å²) >= 11 is 0. The lowest BCUT2D eigenvalue weighted by Gasteiger charge is -2.16. The van der Waals surface area contributed by atoms with E-state index in [1.165, 1.54) is 13.8 Å². The van der Waals surface area contributed by atoms with Gasteiger partial charge in [0, 0.05) is 5.69 Å². The van der Waals surface area contributed by atoms with Crippen LogP contribution in [0.3, 0.4) is 0 Å². The topological polar surface area (TPSA) is 58.6 Å². The minimum absolute atomic E-state index is 0.437. The summed E-state index contributed by atoms with van der Waals surface area (Å²) in [6.07, 6.45) is 0. The molecule has 2 N–H and O–H groups in total. The zero-order valence-electron chi connectivity index (χ0n) is 9.07. The number of benzene rings is 1. The summed E-state index contributed by atoms with van der Waals surface area (Å²) in [5, 5.41) is 12.0. The maximum atomic E-state index is 11.4. The third-order valence-electron chi connectivity index (χ3n) is 1.90. The van der Waals surface area contributed by atoms with Gasteiger partial charge < -0.3 is 15.2 Å². The average molecular weight is 209 g/mol. The number of aliphatic hydroxyl groups is 1. The second-order valence-corrected chi connectivity index (χ2v) is 3.74. The fourth-order valence-electron chi connectivity index (χ4n) is 0.958. The number of nitrogens with one attached hydrogen (secondary N) is 1. The van der Waals surface area contributed by atoms with E-state index in [0.717, 1.165) is 5.75 Å². The van der Waals surface area contributed by atoms with E-state index in [1.807, 2.05) is 0 Å². The summed E-state index contributed by atoms with van der Waals surface area (Å²) in [4.78, 5) is 11.4. The molecule has 0 radical (unpaired) electrons. The van der Waals surface area contributed by atoms with Crippen molar-refractivity contribution in [2.75, 3.05) is 12.4 Å². The summed E-state index contributed by atoms with van der Waals surface area (Å²) in [6.45, 7) is 2.87. The molecule has 0 aliphatic carbocycles. The van der Waals surface area contributed by atoms with E-state index >= 15 is 0 Å². The molecule has 0 aliphatic heterocycles. The van der Waals surface area contributed by atoms with Crippen molar-refractivity contribution in [2.24, 2.45) is 0 Å². The lowest BCUT2D eigenvalue weighted by molar-refractivity contribution is -0.130. The smallest absolute Gasteiger partial charge is 0.255 e. The van der Waals surface area contributed by atoms with Crippen molar-refractivity contribution in [2.45, 2.75) is 19.4 Å². The van der Waals surface area contributed by atoms with Crippen molar-refractivity contribution in [3.8, 4) is 5.75 Å². The molecule has 0 atom stereocenters. The molecule has 4 heteroatoms. The third kappa shape index (κ3) is 3.25. The summed E-state index contributed by atoms with van der Waals surface area (Å²) < 4.78 is 4.98. The van der Waals surface area contributed by atoms with Gasteiger partial charge in [0.2, 0.25) is 0 Å². The van der Waals surface area contributed by atoms with E-state index in [-0.39, 0.29) is 0 Å². The van der Waals surface area contributed by atoms with Gasteiger partial charge in [-0.05, 0) is 38.1 Å². The highest BCUT2D eigenvalue weighted by Crippen LogP contribution is 2.16. The number of hydrogen-bond donors (Lipinski definition) is 2. The lowest BCUT2D eigenvalue weighted by Crippen LogP contribution is -2.36. The molecule has 0 heterocycles. The molecule has 1 rings (SSSR count). The van der Waals surface area contributed by atoms with Crippen LogP contribution in [-0.4, -0.2) is 23.7 Å². The van der Waals surface area contributed by atoms with E-state index < -0.39 is 11.5 Å². The van der Waals surface area contributed by atoms with E-state index in [2.05, 4.69) is 5.32 Å². The summed E-state index contributed by atoms with van der Waals surface area (Å²) in [5.41, 5.74) is -0.747. The molecule has 0 saturated carbocycles. The second kappa shape index (κ2) is 4.31. The van der Waals surface area contributed by atoms with Crippen LogP contribution in [0.2, 0.25) is 0 Å². The predicted octanol–water partition coefficient (Wildman–Crippen LogP) is 1.40. The number of ether oxygens (including phenoxy) is 1. The molecule has 0 unspecified atom stereocenters. The Morgan fingerprint density at radius 3 is 2.27 bits per heavy atom. The fraction of sp³-hybridized carbons (Fsp3) is 0.364. The number of hydrogen-bond acceptors (Lipinski definition) is 3. The zero-order valence-corrected chi connectivity index (χ0v) is 9.07. The van der Waals surface area contributed by atoms with Crippen LogP contribution in [0.25, 0.3) is 0 Å². The Labute approximate surface area is 88.9 Å². The predicted molar refractivity (Wildman–Crippen MR) is 57.9 cm³/mol. The van der Waals surface area contributed by atoms with E-state index in [9.17, 15) is 9.90 Å². The van der Waals surface area contributed by atoms with E-state index in [1.54, 1.807) is 31.4 Å². The number of methoxy groups -OCH3 is 1. The van der Waals surface area contributed by atoms with Crippen molar-refractivity contribution in [1.82, 2.24) is 0 Å². The van der Waals surface area contributed by atoms with Gasteiger partial charge in [-0.25, -0.2) is 0 Å². The first kappa shape index (κ1) is 11.5. The Kier molecular flexibility index (Phi) is 3.31. The Morgan fingerprint density at radius 2 is 1.87 bits per heavy atom. The second-order valence-electron chi connectivity index (χ2n) is 3.74. The maximum absolute atomic E-state index is 11.4. The van der Waals surface area contributed by atoms with E-state index in [4.69, 9.17) is 4.74 Å². The molecule has 1 amide bonds. The summed E-state index contributed by atoms with van der Waals surface area (Å²) in [7, 11) is 1.57. The fourth-order valence-corrected chi connectivity index (χ4v) is 0.958. The number of rotatable bonds is 3. The molecule has 82 valence electrons. The maximum Gasteiger partial charge on any atom is 0.255 e.